The van der Waals surface area contributed by atoms with Crippen LogP contribution in [0.4, 0.5) is 0 Å². The van der Waals surface area contributed by atoms with Crippen molar-refractivity contribution in [2.75, 3.05) is 13.7 Å². The van der Waals surface area contributed by atoms with E-state index in [4.69, 9.17) is 9.47 Å². The number of hydrogen-bond donors (Lipinski definition) is 1. The van der Waals surface area contributed by atoms with Crippen LogP contribution in [0.5, 0.6) is 5.75 Å². The van der Waals surface area contributed by atoms with E-state index in [1.165, 1.54) is 0 Å². The van der Waals surface area contributed by atoms with Crippen LogP contribution in [0.25, 0.3) is 0 Å². The summed E-state index contributed by atoms with van der Waals surface area (Å²) in [7, 11) is 1.68. The summed E-state index contributed by atoms with van der Waals surface area (Å²) in [5.41, 5.74) is 0.826. The van der Waals surface area contributed by atoms with Crippen molar-refractivity contribution in [3.63, 3.8) is 0 Å². The number of hydrogen-bond acceptors (Lipinski definition) is 3. The van der Waals surface area contributed by atoms with Crippen molar-refractivity contribution in [2.45, 2.75) is 32.5 Å². The Labute approximate surface area is 97.0 Å². The average Bonchev–Trinajstić information content (AvgIpc) is 2.27. The predicted octanol–water partition coefficient (Wildman–Crippen LogP) is 2.54. The van der Waals surface area contributed by atoms with Gasteiger partial charge in [-0.25, -0.2) is 0 Å². The molecule has 0 bridgehead atoms. The Hall–Kier alpha value is -1.06. The van der Waals surface area contributed by atoms with Crippen molar-refractivity contribution in [3.05, 3.63) is 29.8 Å². The molecule has 16 heavy (non-hydrogen) atoms. The van der Waals surface area contributed by atoms with E-state index < -0.39 is 6.10 Å². The first-order valence-corrected chi connectivity index (χ1v) is 5.57. The molecule has 0 fully saturated rings. The quantitative estimate of drug-likeness (QED) is 0.807. The summed E-state index contributed by atoms with van der Waals surface area (Å²) in [5, 5.41) is 9.59. The van der Waals surface area contributed by atoms with Gasteiger partial charge >= 0.3 is 0 Å². The number of methoxy groups -OCH3 is 1. The molecular formula is C13H20O3. The van der Waals surface area contributed by atoms with E-state index in [0.717, 1.165) is 17.7 Å². The summed E-state index contributed by atoms with van der Waals surface area (Å²) in [6.45, 7) is 4.41. The predicted molar refractivity (Wildman–Crippen MR) is 63.7 cm³/mol. The molecule has 2 atom stereocenters. The molecule has 0 saturated heterocycles. The normalized spacial score (nSPS) is 14.5. The number of para-hydroxylation sites is 1. The highest BCUT2D eigenvalue weighted by atomic mass is 16.5. The first kappa shape index (κ1) is 13.0. The molecule has 3 heteroatoms. The number of ether oxygens (including phenoxy) is 2. The fraction of sp³-hybridized carbons (Fsp3) is 0.538. The van der Waals surface area contributed by atoms with Crippen LogP contribution in [-0.4, -0.2) is 24.9 Å². The Kier molecular flexibility index (Phi) is 5.29. The molecule has 0 aliphatic heterocycles. The Morgan fingerprint density at radius 2 is 1.94 bits per heavy atom. The third kappa shape index (κ3) is 3.83. The number of rotatable bonds is 6. The van der Waals surface area contributed by atoms with E-state index in [0.29, 0.717) is 6.61 Å². The second-order valence-electron chi connectivity index (χ2n) is 3.92. The molecule has 0 aromatic heterocycles. The standard InChI is InChI=1S/C13H20O3/c1-10(8-9-15-3)16-13-7-5-4-6-12(13)11(2)14/h4-7,10-11,14H,8-9H2,1-3H3. The van der Waals surface area contributed by atoms with Crippen LogP contribution in [0.15, 0.2) is 24.3 Å². The van der Waals surface area contributed by atoms with Crippen LogP contribution >= 0.6 is 0 Å². The Morgan fingerprint density at radius 1 is 1.25 bits per heavy atom. The van der Waals surface area contributed by atoms with Gasteiger partial charge in [0.15, 0.2) is 0 Å². The zero-order valence-corrected chi connectivity index (χ0v) is 10.1. The highest BCUT2D eigenvalue weighted by Gasteiger charge is 2.11. The summed E-state index contributed by atoms with van der Waals surface area (Å²) in [6.07, 6.45) is 0.413. The summed E-state index contributed by atoms with van der Waals surface area (Å²) in [6, 6.07) is 7.56. The molecule has 1 aromatic carbocycles. The number of aliphatic hydroxyl groups is 1. The van der Waals surface area contributed by atoms with Crippen LogP contribution in [0.2, 0.25) is 0 Å². The molecule has 1 N–H and O–H groups in total. The Bertz CT molecular complexity index is 310. The highest BCUT2D eigenvalue weighted by molar-refractivity contribution is 5.34. The summed E-state index contributed by atoms with van der Waals surface area (Å²) in [4.78, 5) is 0. The zero-order chi connectivity index (χ0) is 12.0. The Morgan fingerprint density at radius 3 is 2.56 bits per heavy atom. The maximum atomic E-state index is 9.59. The first-order valence-electron chi connectivity index (χ1n) is 5.57. The van der Waals surface area contributed by atoms with Crippen molar-refractivity contribution < 1.29 is 14.6 Å². The van der Waals surface area contributed by atoms with Gasteiger partial charge in [-0.15, -0.1) is 0 Å². The molecule has 1 aromatic rings. The largest absolute Gasteiger partial charge is 0.490 e. The summed E-state index contributed by atoms with van der Waals surface area (Å²) < 4.78 is 10.8. The summed E-state index contributed by atoms with van der Waals surface area (Å²) >= 11 is 0. The van der Waals surface area contributed by atoms with Crippen molar-refractivity contribution in [1.29, 1.82) is 0 Å². The van der Waals surface area contributed by atoms with Crippen LogP contribution < -0.4 is 4.74 Å². The van der Waals surface area contributed by atoms with Crippen LogP contribution in [0.1, 0.15) is 31.9 Å². The molecule has 0 saturated carbocycles. The molecule has 2 unspecified atom stereocenters. The lowest BCUT2D eigenvalue weighted by Gasteiger charge is -2.18. The second kappa shape index (κ2) is 6.51. The molecule has 0 aliphatic rings. The average molecular weight is 224 g/mol. The molecule has 90 valence electrons. The topological polar surface area (TPSA) is 38.7 Å². The van der Waals surface area contributed by atoms with Gasteiger partial charge in [-0.3, -0.25) is 0 Å². The van der Waals surface area contributed by atoms with Crippen LogP contribution in [0.3, 0.4) is 0 Å². The minimum absolute atomic E-state index is 0.0832. The minimum Gasteiger partial charge on any atom is -0.490 e. The smallest absolute Gasteiger partial charge is 0.125 e. The van der Waals surface area contributed by atoms with E-state index in [-0.39, 0.29) is 6.10 Å². The number of aliphatic hydroxyl groups excluding tert-OH is 1. The maximum absolute atomic E-state index is 9.59. The zero-order valence-electron chi connectivity index (χ0n) is 10.1. The Balaban J connectivity index is 2.65. The maximum Gasteiger partial charge on any atom is 0.125 e. The highest BCUT2D eigenvalue weighted by Crippen LogP contribution is 2.25. The van der Waals surface area contributed by atoms with E-state index in [9.17, 15) is 5.11 Å². The molecule has 1 rings (SSSR count). The lowest BCUT2D eigenvalue weighted by Crippen LogP contribution is -2.15. The molecule has 0 radical (unpaired) electrons. The molecule has 0 heterocycles. The molecule has 0 spiro atoms. The van der Waals surface area contributed by atoms with Crippen molar-refractivity contribution >= 4 is 0 Å². The lowest BCUT2D eigenvalue weighted by atomic mass is 10.1. The molecular weight excluding hydrogens is 204 g/mol. The minimum atomic E-state index is -0.508. The van der Waals surface area contributed by atoms with Crippen molar-refractivity contribution in [3.8, 4) is 5.75 Å². The van der Waals surface area contributed by atoms with Gasteiger partial charge in [-0.05, 0) is 19.9 Å². The van der Waals surface area contributed by atoms with Crippen molar-refractivity contribution in [1.82, 2.24) is 0 Å². The van der Waals surface area contributed by atoms with E-state index in [1.54, 1.807) is 14.0 Å². The van der Waals surface area contributed by atoms with E-state index in [2.05, 4.69) is 0 Å². The van der Waals surface area contributed by atoms with E-state index in [1.807, 2.05) is 31.2 Å². The van der Waals surface area contributed by atoms with Gasteiger partial charge in [0.1, 0.15) is 5.75 Å². The van der Waals surface area contributed by atoms with Gasteiger partial charge < -0.3 is 14.6 Å². The fourth-order valence-corrected chi connectivity index (χ4v) is 1.49. The van der Waals surface area contributed by atoms with Gasteiger partial charge in [0, 0.05) is 25.7 Å². The van der Waals surface area contributed by atoms with Crippen molar-refractivity contribution in [2.24, 2.45) is 0 Å². The van der Waals surface area contributed by atoms with Gasteiger partial charge in [0.2, 0.25) is 0 Å². The third-order valence-corrected chi connectivity index (χ3v) is 2.43. The van der Waals surface area contributed by atoms with Gasteiger partial charge in [-0.1, -0.05) is 18.2 Å². The first-order chi connectivity index (χ1) is 7.65. The van der Waals surface area contributed by atoms with Crippen LogP contribution in [0, 0.1) is 0 Å². The monoisotopic (exact) mass is 224 g/mol. The molecule has 3 nitrogen and oxygen atoms in total. The van der Waals surface area contributed by atoms with Gasteiger partial charge in [-0.2, -0.15) is 0 Å². The van der Waals surface area contributed by atoms with Gasteiger partial charge in [0.25, 0.3) is 0 Å². The SMILES string of the molecule is COCCC(C)Oc1ccccc1C(C)O. The third-order valence-electron chi connectivity index (χ3n) is 2.43. The van der Waals surface area contributed by atoms with Gasteiger partial charge in [0.05, 0.1) is 12.2 Å². The summed E-state index contributed by atoms with van der Waals surface area (Å²) in [5.74, 6) is 0.751. The molecule has 0 aliphatic carbocycles. The molecule has 0 amide bonds. The lowest BCUT2D eigenvalue weighted by molar-refractivity contribution is 0.130. The second-order valence-corrected chi connectivity index (χ2v) is 3.92. The van der Waals surface area contributed by atoms with E-state index >= 15 is 0 Å². The fourth-order valence-electron chi connectivity index (χ4n) is 1.49. The van der Waals surface area contributed by atoms with Crippen LogP contribution in [-0.2, 0) is 4.74 Å². The number of benzene rings is 1.